The van der Waals surface area contributed by atoms with Crippen molar-refractivity contribution in [3.8, 4) is 11.5 Å². The quantitative estimate of drug-likeness (QED) is 0.373. The summed E-state index contributed by atoms with van der Waals surface area (Å²) >= 11 is 1.64. The Morgan fingerprint density at radius 2 is 2.04 bits per heavy atom. The Hall–Kier alpha value is -3.39. The van der Waals surface area contributed by atoms with Gasteiger partial charge in [0.1, 0.15) is 16.3 Å². The molecule has 4 rings (SSSR count). The Morgan fingerprint density at radius 3 is 2.79 bits per heavy atom. The van der Waals surface area contributed by atoms with Gasteiger partial charge in [0.15, 0.2) is 5.82 Å². The van der Waals surface area contributed by atoms with Gasteiger partial charge in [-0.1, -0.05) is 25.1 Å². The number of thiophene rings is 1. The molecule has 3 heterocycles. The number of fused-ring (bicyclic) bond motifs is 1. The van der Waals surface area contributed by atoms with E-state index in [9.17, 15) is 10.1 Å². The van der Waals surface area contributed by atoms with Crippen LogP contribution >= 0.6 is 11.3 Å². The lowest BCUT2D eigenvalue weighted by molar-refractivity contribution is -0.384. The Kier molecular flexibility index (Phi) is 4.94. The first-order valence-electron chi connectivity index (χ1n) is 8.83. The van der Waals surface area contributed by atoms with Crippen LogP contribution in [0.15, 0.2) is 54.7 Å². The first-order chi connectivity index (χ1) is 13.6. The van der Waals surface area contributed by atoms with Crippen molar-refractivity contribution in [3.63, 3.8) is 0 Å². The third-order valence-electron chi connectivity index (χ3n) is 4.27. The molecule has 0 unspecified atom stereocenters. The number of hydrogen-bond acceptors (Lipinski definition) is 7. The van der Waals surface area contributed by atoms with E-state index in [1.165, 1.54) is 10.9 Å². The maximum Gasteiger partial charge on any atom is 0.269 e. The van der Waals surface area contributed by atoms with Crippen LogP contribution in [0.4, 0.5) is 11.5 Å². The number of nitrogens with zero attached hydrogens (tertiary/aromatic N) is 4. The third kappa shape index (κ3) is 3.67. The van der Waals surface area contributed by atoms with E-state index in [0.717, 1.165) is 22.2 Å². The van der Waals surface area contributed by atoms with Crippen molar-refractivity contribution >= 4 is 33.1 Å². The largest absolute Gasteiger partial charge is 0.365 e. The molecule has 0 saturated heterocycles. The first kappa shape index (κ1) is 18.0. The fraction of sp³-hybridized carbons (Fsp3) is 0.150. The van der Waals surface area contributed by atoms with E-state index in [0.29, 0.717) is 23.9 Å². The molecule has 0 aliphatic rings. The number of benzene rings is 1. The van der Waals surface area contributed by atoms with Crippen molar-refractivity contribution in [2.75, 3.05) is 5.32 Å². The topological polar surface area (TPSA) is 93.8 Å². The minimum Gasteiger partial charge on any atom is -0.365 e. The van der Waals surface area contributed by atoms with Gasteiger partial charge in [-0.15, -0.1) is 11.3 Å². The smallest absolute Gasteiger partial charge is 0.269 e. The zero-order valence-corrected chi connectivity index (χ0v) is 15.9. The standard InChI is InChI=1S/C20H17N5O2S/c1-2-15-11-16-18(22-12-13-6-5-7-14(10-13)25(26)27)23-19(24-20(16)28-15)17-8-3-4-9-21-17/h3-11H,2,12H2,1H3,(H,22,23,24). The highest BCUT2D eigenvalue weighted by molar-refractivity contribution is 7.18. The molecule has 0 radical (unpaired) electrons. The Bertz CT molecular complexity index is 1140. The van der Waals surface area contributed by atoms with Gasteiger partial charge in [0.25, 0.3) is 5.69 Å². The highest BCUT2D eigenvalue weighted by Crippen LogP contribution is 2.31. The van der Waals surface area contributed by atoms with Crippen LogP contribution in [0.5, 0.6) is 0 Å². The fourth-order valence-electron chi connectivity index (χ4n) is 2.86. The van der Waals surface area contributed by atoms with E-state index in [1.54, 1.807) is 29.7 Å². The van der Waals surface area contributed by atoms with Crippen molar-refractivity contribution < 1.29 is 4.92 Å². The SMILES string of the molecule is CCc1cc2c(NCc3cccc([N+](=O)[O-])c3)nc(-c3ccccn3)nc2s1. The molecule has 0 aliphatic carbocycles. The number of rotatable bonds is 6. The second-order valence-corrected chi connectivity index (χ2v) is 7.29. The summed E-state index contributed by atoms with van der Waals surface area (Å²) in [6, 6.07) is 14.3. The predicted molar refractivity (Wildman–Crippen MR) is 110 cm³/mol. The van der Waals surface area contributed by atoms with Crippen molar-refractivity contribution in [2.24, 2.45) is 0 Å². The van der Waals surface area contributed by atoms with Crippen LogP contribution in [0.25, 0.3) is 21.7 Å². The van der Waals surface area contributed by atoms with Gasteiger partial charge in [-0.25, -0.2) is 9.97 Å². The van der Waals surface area contributed by atoms with Crippen LogP contribution < -0.4 is 5.32 Å². The maximum atomic E-state index is 11.0. The highest BCUT2D eigenvalue weighted by Gasteiger charge is 2.14. The molecule has 0 atom stereocenters. The molecule has 8 heteroatoms. The zero-order chi connectivity index (χ0) is 19.5. The molecule has 7 nitrogen and oxygen atoms in total. The monoisotopic (exact) mass is 391 g/mol. The van der Waals surface area contributed by atoms with Crippen LogP contribution in [0.3, 0.4) is 0 Å². The van der Waals surface area contributed by atoms with Crippen molar-refractivity contribution in [2.45, 2.75) is 19.9 Å². The van der Waals surface area contributed by atoms with Crippen molar-refractivity contribution in [1.29, 1.82) is 0 Å². The minimum atomic E-state index is -0.391. The van der Waals surface area contributed by atoms with Gasteiger partial charge in [-0.3, -0.25) is 15.1 Å². The number of aryl methyl sites for hydroxylation is 1. The summed E-state index contributed by atoms with van der Waals surface area (Å²) in [4.78, 5) is 26.4. The predicted octanol–water partition coefficient (Wildman–Crippen LogP) is 4.84. The van der Waals surface area contributed by atoms with Crippen molar-refractivity contribution in [1.82, 2.24) is 15.0 Å². The molecule has 28 heavy (non-hydrogen) atoms. The van der Waals surface area contributed by atoms with Gasteiger partial charge >= 0.3 is 0 Å². The zero-order valence-electron chi connectivity index (χ0n) is 15.1. The van der Waals surface area contributed by atoms with Gasteiger partial charge in [0.2, 0.25) is 0 Å². The van der Waals surface area contributed by atoms with Gasteiger partial charge in [0.05, 0.1) is 10.3 Å². The number of nitro benzene ring substituents is 1. The number of nitro groups is 1. The molecule has 0 fully saturated rings. The highest BCUT2D eigenvalue weighted by atomic mass is 32.1. The summed E-state index contributed by atoms with van der Waals surface area (Å²) in [5.74, 6) is 1.26. The summed E-state index contributed by atoms with van der Waals surface area (Å²) in [5, 5.41) is 15.3. The molecule has 3 aromatic heterocycles. The Labute approximate surface area is 165 Å². The van der Waals surface area contributed by atoms with Crippen LogP contribution in [0.2, 0.25) is 0 Å². The Balaban J connectivity index is 1.71. The van der Waals surface area contributed by atoms with Gasteiger partial charge < -0.3 is 5.32 Å². The summed E-state index contributed by atoms with van der Waals surface area (Å²) in [7, 11) is 0. The van der Waals surface area contributed by atoms with E-state index >= 15 is 0 Å². The number of nitrogens with one attached hydrogen (secondary N) is 1. The minimum absolute atomic E-state index is 0.0742. The van der Waals surface area contributed by atoms with Crippen LogP contribution in [0.1, 0.15) is 17.4 Å². The number of anilines is 1. The fourth-order valence-corrected chi connectivity index (χ4v) is 3.82. The molecule has 1 N–H and O–H groups in total. The second kappa shape index (κ2) is 7.69. The van der Waals surface area contributed by atoms with Gasteiger partial charge in [-0.2, -0.15) is 0 Å². The number of hydrogen-bond donors (Lipinski definition) is 1. The number of aromatic nitrogens is 3. The van der Waals surface area contributed by atoms with Crippen LogP contribution in [-0.4, -0.2) is 19.9 Å². The van der Waals surface area contributed by atoms with E-state index in [-0.39, 0.29) is 5.69 Å². The average Bonchev–Trinajstić information content (AvgIpc) is 3.16. The van der Waals surface area contributed by atoms with Gasteiger partial charge in [0, 0.05) is 29.8 Å². The summed E-state index contributed by atoms with van der Waals surface area (Å²) in [6.07, 6.45) is 2.63. The Morgan fingerprint density at radius 1 is 1.14 bits per heavy atom. The molecule has 0 bridgehead atoms. The molecule has 0 amide bonds. The molecular formula is C20H17N5O2S. The molecule has 1 aromatic carbocycles. The summed E-state index contributed by atoms with van der Waals surface area (Å²) in [6.45, 7) is 2.53. The first-order valence-corrected chi connectivity index (χ1v) is 9.64. The molecule has 4 aromatic rings. The van der Waals surface area contributed by atoms with Crippen molar-refractivity contribution in [3.05, 3.63) is 75.3 Å². The van der Waals surface area contributed by atoms with Gasteiger partial charge in [-0.05, 0) is 30.2 Å². The summed E-state index contributed by atoms with van der Waals surface area (Å²) < 4.78 is 0. The maximum absolute atomic E-state index is 11.0. The molecule has 0 aliphatic heterocycles. The normalized spacial score (nSPS) is 10.9. The number of non-ortho nitro benzene ring substituents is 1. The average molecular weight is 391 g/mol. The third-order valence-corrected chi connectivity index (χ3v) is 5.44. The summed E-state index contributed by atoms with van der Waals surface area (Å²) in [5.41, 5.74) is 1.59. The molecular weight excluding hydrogens is 374 g/mol. The van der Waals surface area contributed by atoms with E-state index < -0.39 is 4.92 Å². The lowest BCUT2D eigenvalue weighted by Gasteiger charge is -2.09. The van der Waals surface area contributed by atoms with E-state index in [4.69, 9.17) is 0 Å². The van der Waals surface area contributed by atoms with E-state index in [1.807, 2.05) is 24.3 Å². The van der Waals surface area contributed by atoms with E-state index in [2.05, 4.69) is 33.3 Å². The molecule has 140 valence electrons. The second-order valence-electron chi connectivity index (χ2n) is 6.18. The molecule has 0 spiro atoms. The lowest BCUT2D eigenvalue weighted by Crippen LogP contribution is -2.04. The van der Waals surface area contributed by atoms with Crippen LogP contribution in [0, 0.1) is 10.1 Å². The lowest BCUT2D eigenvalue weighted by atomic mass is 10.2. The number of pyridine rings is 1. The molecule has 0 saturated carbocycles. The van der Waals surface area contributed by atoms with Crippen LogP contribution in [-0.2, 0) is 13.0 Å².